The van der Waals surface area contributed by atoms with E-state index in [0.717, 1.165) is 61.9 Å². The van der Waals surface area contributed by atoms with Crippen molar-refractivity contribution in [1.82, 2.24) is 4.90 Å². The van der Waals surface area contributed by atoms with Crippen molar-refractivity contribution in [2.45, 2.75) is 52.0 Å². The number of hydrogen-bond donors (Lipinski definition) is 2. The lowest BCUT2D eigenvalue weighted by molar-refractivity contribution is -0.142. The maximum Gasteiger partial charge on any atom is 0.329 e. The molecule has 1 aliphatic rings. The van der Waals surface area contributed by atoms with Gasteiger partial charge in [-0.3, -0.25) is 4.99 Å². The van der Waals surface area contributed by atoms with Gasteiger partial charge < -0.3 is 19.8 Å². The van der Waals surface area contributed by atoms with Crippen molar-refractivity contribution in [3.8, 4) is 0 Å². The van der Waals surface area contributed by atoms with Crippen LogP contribution in [0.1, 0.15) is 46.0 Å². The van der Waals surface area contributed by atoms with Gasteiger partial charge in [0.25, 0.3) is 0 Å². The van der Waals surface area contributed by atoms with Gasteiger partial charge in [-0.1, -0.05) is 49.6 Å². The summed E-state index contributed by atoms with van der Waals surface area (Å²) in [5, 5.41) is 15.6. The van der Waals surface area contributed by atoms with E-state index >= 15 is 0 Å². The summed E-state index contributed by atoms with van der Waals surface area (Å²) in [5.74, 6) is -0.944. The van der Waals surface area contributed by atoms with E-state index in [1.807, 2.05) is 12.4 Å². The van der Waals surface area contributed by atoms with Gasteiger partial charge in [0.15, 0.2) is 0 Å². The Morgan fingerprint density at radius 2 is 2.00 bits per heavy atom. The predicted molar refractivity (Wildman–Crippen MR) is 142 cm³/mol. The first-order chi connectivity index (χ1) is 16.4. The summed E-state index contributed by atoms with van der Waals surface area (Å²) < 4.78 is 5.11. The molecule has 0 saturated heterocycles. The molecule has 7 nitrogen and oxygen atoms in total. The molecule has 0 aromatic carbocycles. The molecule has 34 heavy (non-hydrogen) atoms. The number of carboxylic acid groups (broad SMARTS) is 1. The average molecular weight is 472 g/mol. The van der Waals surface area contributed by atoms with Crippen LogP contribution in [-0.2, 0) is 9.53 Å². The number of carbonyl (C=O) groups is 1. The summed E-state index contributed by atoms with van der Waals surface area (Å²) in [6.07, 6.45) is 18.0. The van der Waals surface area contributed by atoms with Gasteiger partial charge in [0, 0.05) is 32.7 Å². The van der Waals surface area contributed by atoms with E-state index in [4.69, 9.17) is 19.9 Å². The minimum absolute atomic E-state index is 0.254. The second-order valence-electron chi connectivity index (χ2n) is 7.68. The topological polar surface area (TPSA) is 94.7 Å². The fourth-order valence-corrected chi connectivity index (χ4v) is 3.10. The number of rotatable bonds is 16. The Morgan fingerprint density at radius 1 is 1.26 bits per heavy atom. The molecule has 1 rings (SSSR count). The fraction of sp³-hybridized carbons (Fsp3) is 0.444. The highest BCUT2D eigenvalue weighted by molar-refractivity contribution is 5.68. The van der Waals surface area contributed by atoms with Crippen LogP contribution >= 0.6 is 0 Å². The predicted octanol–water partition coefficient (Wildman–Crippen LogP) is 5.09. The van der Waals surface area contributed by atoms with Crippen LogP contribution < -0.4 is 0 Å². The van der Waals surface area contributed by atoms with E-state index in [2.05, 4.69) is 61.8 Å². The zero-order valence-corrected chi connectivity index (χ0v) is 20.9. The number of aliphatic imine (C=N–C) groups is 2. The van der Waals surface area contributed by atoms with Crippen molar-refractivity contribution in [2.24, 2.45) is 9.98 Å². The molecular weight excluding hydrogens is 430 g/mol. The second kappa shape index (κ2) is 19.4. The third-order valence-corrected chi connectivity index (χ3v) is 4.88. The van der Waals surface area contributed by atoms with Gasteiger partial charge in [-0.25, -0.2) is 9.79 Å². The van der Waals surface area contributed by atoms with E-state index in [0.29, 0.717) is 13.0 Å². The van der Waals surface area contributed by atoms with E-state index in [1.165, 1.54) is 0 Å². The third-order valence-electron chi connectivity index (χ3n) is 4.88. The molecule has 0 spiro atoms. The number of ether oxygens (including phenoxy) is 1. The van der Waals surface area contributed by atoms with E-state index in [9.17, 15) is 4.79 Å². The van der Waals surface area contributed by atoms with Crippen LogP contribution in [0.2, 0.25) is 0 Å². The molecule has 0 fully saturated rings. The largest absolute Gasteiger partial charge is 0.480 e. The summed E-state index contributed by atoms with van der Waals surface area (Å²) in [4.78, 5) is 21.8. The Morgan fingerprint density at radius 3 is 2.53 bits per heavy atom. The number of aliphatic carboxylic acids is 1. The maximum absolute atomic E-state index is 10.5. The quantitative estimate of drug-likeness (QED) is 0.141. The van der Waals surface area contributed by atoms with Crippen LogP contribution in [0.3, 0.4) is 0 Å². The van der Waals surface area contributed by atoms with Crippen LogP contribution in [0.4, 0.5) is 0 Å². The van der Waals surface area contributed by atoms with Gasteiger partial charge in [0.05, 0.1) is 17.7 Å². The standard InChI is InChI=1S/C26H37N3O3.CH4O/c1-6-13-22(7-2)18-24(27-5)26(23-14-9-8-10-15-23)28-20-29(21(3)4)16-11-12-17-32-19-25(30)31;1-2/h6-7,9,13-15,20-21H,1-2,5,8,10-12,16-19H2,3-4H3,(H,30,31);2H,1H3/b22-13+,26-24-,28-20?;. The van der Waals surface area contributed by atoms with Crippen molar-refractivity contribution >= 4 is 19.0 Å². The minimum atomic E-state index is -0.944. The normalized spacial score (nSPS) is 14.1. The molecule has 0 aromatic rings. The lowest BCUT2D eigenvalue weighted by atomic mass is 10.0. The molecule has 188 valence electrons. The van der Waals surface area contributed by atoms with Gasteiger partial charge in [-0.2, -0.15) is 0 Å². The smallest absolute Gasteiger partial charge is 0.329 e. The summed E-state index contributed by atoms with van der Waals surface area (Å²) >= 11 is 0. The Bertz CT molecular complexity index is 805. The Labute approximate surface area is 205 Å². The first-order valence-electron chi connectivity index (χ1n) is 11.5. The summed E-state index contributed by atoms with van der Waals surface area (Å²) in [5.41, 5.74) is 3.64. The summed E-state index contributed by atoms with van der Waals surface area (Å²) in [6.45, 7) is 16.6. The SMILES string of the molecule is C=C/C=C(\C=C)C/C(N=C)=C(/N=CN(CCCCOCC(=O)O)C(C)C)C1=CCCC=C1.CO. The molecule has 0 heterocycles. The molecule has 0 aliphatic heterocycles. The lowest BCUT2D eigenvalue weighted by Crippen LogP contribution is -2.30. The number of nitrogens with zero attached hydrogens (tertiary/aromatic N) is 3. The third kappa shape index (κ3) is 12.9. The first kappa shape index (κ1) is 31.0. The van der Waals surface area contributed by atoms with Crippen molar-refractivity contribution in [3.63, 3.8) is 0 Å². The number of aliphatic hydroxyl groups excluding tert-OH is 1. The van der Waals surface area contributed by atoms with Gasteiger partial charge in [-0.05, 0) is 57.4 Å². The molecule has 2 N–H and O–H groups in total. The zero-order chi connectivity index (χ0) is 25.8. The Kier molecular flexibility index (Phi) is 17.7. The van der Waals surface area contributed by atoms with Gasteiger partial charge in [-0.15, -0.1) is 0 Å². The first-order valence-corrected chi connectivity index (χ1v) is 11.5. The lowest BCUT2D eigenvalue weighted by Gasteiger charge is -2.24. The molecule has 0 saturated carbocycles. The van der Waals surface area contributed by atoms with E-state index in [1.54, 1.807) is 12.2 Å². The molecule has 0 bridgehead atoms. The second-order valence-corrected chi connectivity index (χ2v) is 7.68. The van der Waals surface area contributed by atoms with Crippen molar-refractivity contribution in [3.05, 3.63) is 72.2 Å². The van der Waals surface area contributed by atoms with Gasteiger partial charge in [0.2, 0.25) is 0 Å². The molecule has 0 radical (unpaired) electrons. The van der Waals surface area contributed by atoms with Gasteiger partial charge in [0.1, 0.15) is 6.61 Å². The number of aliphatic hydroxyl groups is 1. The molecule has 0 amide bonds. The highest BCUT2D eigenvalue weighted by Crippen LogP contribution is 2.27. The summed E-state index contributed by atoms with van der Waals surface area (Å²) in [7, 11) is 1.00. The zero-order valence-electron chi connectivity index (χ0n) is 20.9. The molecule has 0 aromatic heterocycles. The maximum atomic E-state index is 10.5. The molecule has 1 aliphatic carbocycles. The molecule has 7 heteroatoms. The average Bonchev–Trinajstić information content (AvgIpc) is 2.84. The van der Waals surface area contributed by atoms with Gasteiger partial charge >= 0.3 is 5.97 Å². The fourth-order valence-electron chi connectivity index (χ4n) is 3.10. The number of allylic oxidation sites excluding steroid dienone is 7. The van der Waals surface area contributed by atoms with E-state index < -0.39 is 5.97 Å². The van der Waals surface area contributed by atoms with Crippen LogP contribution in [0.15, 0.2) is 82.1 Å². The minimum Gasteiger partial charge on any atom is -0.480 e. The number of hydrogen-bond acceptors (Lipinski definition) is 5. The Hall–Kier alpha value is -3.03. The monoisotopic (exact) mass is 471 g/mol. The van der Waals surface area contributed by atoms with Crippen LogP contribution in [0, 0.1) is 0 Å². The van der Waals surface area contributed by atoms with Crippen LogP contribution in [0.5, 0.6) is 0 Å². The highest BCUT2D eigenvalue weighted by atomic mass is 16.5. The van der Waals surface area contributed by atoms with Crippen LogP contribution in [0.25, 0.3) is 0 Å². The van der Waals surface area contributed by atoms with Crippen molar-refractivity contribution in [1.29, 1.82) is 0 Å². The highest BCUT2D eigenvalue weighted by Gasteiger charge is 2.13. The van der Waals surface area contributed by atoms with Crippen molar-refractivity contribution < 1.29 is 19.7 Å². The molecular formula is C27H41N3O4. The van der Waals surface area contributed by atoms with Crippen molar-refractivity contribution in [2.75, 3.05) is 26.9 Å². The number of carboxylic acids is 1. The Balaban J connectivity index is 0.00000529. The molecule has 0 unspecified atom stereocenters. The number of unbranched alkanes of at least 4 members (excludes halogenated alkanes) is 1. The molecule has 0 atom stereocenters. The van der Waals surface area contributed by atoms with E-state index in [-0.39, 0.29) is 12.6 Å². The summed E-state index contributed by atoms with van der Waals surface area (Å²) in [6, 6.07) is 0.264. The van der Waals surface area contributed by atoms with Crippen LogP contribution in [-0.4, -0.2) is 67.0 Å².